The van der Waals surface area contributed by atoms with Crippen molar-refractivity contribution in [3.63, 3.8) is 0 Å². The van der Waals surface area contributed by atoms with Crippen molar-refractivity contribution in [1.29, 1.82) is 0 Å². The molecular weight excluding hydrogens is 240 g/mol. The molecule has 1 saturated carbocycles. The highest BCUT2D eigenvalue weighted by Crippen LogP contribution is 2.34. The average Bonchev–Trinajstić information content (AvgIpc) is 2.23. The van der Waals surface area contributed by atoms with Crippen LogP contribution in [-0.4, -0.2) is 18.0 Å². The highest BCUT2D eigenvalue weighted by Gasteiger charge is 2.26. The van der Waals surface area contributed by atoms with Crippen molar-refractivity contribution in [3.05, 3.63) is 0 Å². The summed E-state index contributed by atoms with van der Waals surface area (Å²) in [6.07, 6.45) is 9.94. The van der Waals surface area contributed by atoms with Gasteiger partial charge in [-0.25, -0.2) is 0 Å². The Bertz CT molecular complexity index is 166. The van der Waals surface area contributed by atoms with Gasteiger partial charge in [-0.2, -0.15) is 0 Å². The van der Waals surface area contributed by atoms with Gasteiger partial charge in [0.15, 0.2) is 0 Å². The summed E-state index contributed by atoms with van der Waals surface area (Å²) in [5.74, 6) is 1.78. The number of ether oxygens (including phenoxy) is 1. The number of alkyl halides is 1. The van der Waals surface area contributed by atoms with Crippen molar-refractivity contribution >= 4 is 15.9 Å². The lowest BCUT2D eigenvalue weighted by atomic mass is 9.81. The molecule has 2 heteroatoms. The molecule has 0 radical (unpaired) electrons. The third-order valence-corrected chi connectivity index (χ3v) is 4.95. The first-order chi connectivity index (χ1) is 6.86. The number of hydrogen-bond donors (Lipinski definition) is 0. The maximum absolute atomic E-state index is 5.56. The van der Waals surface area contributed by atoms with Gasteiger partial charge in [-0.05, 0) is 24.7 Å². The summed E-state index contributed by atoms with van der Waals surface area (Å²) in [7, 11) is 0. The van der Waals surface area contributed by atoms with Crippen molar-refractivity contribution in [1.82, 2.24) is 0 Å². The van der Waals surface area contributed by atoms with E-state index in [1.54, 1.807) is 0 Å². The van der Waals surface area contributed by atoms with Crippen LogP contribution in [0.2, 0.25) is 0 Å². The van der Waals surface area contributed by atoms with E-state index in [0.717, 1.165) is 29.9 Å². The molecule has 0 N–H and O–H groups in total. The quantitative estimate of drug-likeness (QED) is 0.688. The van der Waals surface area contributed by atoms with Gasteiger partial charge in [0.25, 0.3) is 0 Å². The zero-order chi connectivity index (χ0) is 9.80. The van der Waals surface area contributed by atoms with Gasteiger partial charge in [0, 0.05) is 11.4 Å². The van der Waals surface area contributed by atoms with Crippen LogP contribution >= 0.6 is 15.9 Å². The van der Waals surface area contributed by atoms with Crippen LogP contribution in [0, 0.1) is 11.8 Å². The maximum atomic E-state index is 5.56. The molecule has 14 heavy (non-hydrogen) atoms. The molecule has 1 nitrogen and oxygen atoms in total. The molecule has 0 amide bonds. The van der Waals surface area contributed by atoms with Crippen LogP contribution in [0.5, 0.6) is 0 Å². The van der Waals surface area contributed by atoms with Gasteiger partial charge in [-0.15, -0.1) is 0 Å². The summed E-state index contributed by atoms with van der Waals surface area (Å²) >= 11 is 3.80. The number of hydrogen-bond acceptors (Lipinski definition) is 1. The minimum absolute atomic E-state index is 0.721. The van der Waals surface area contributed by atoms with E-state index in [4.69, 9.17) is 4.74 Å². The first-order valence-corrected chi connectivity index (χ1v) is 6.99. The zero-order valence-corrected chi connectivity index (χ0v) is 10.5. The fourth-order valence-electron chi connectivity index (χ4n) is 2.84. The van der Waals surface area contributed by atoms with Gasteiger partial charge >= 0.3 is 0 Å². The van der Waals surface area contributed by atoms with E-state index in [1.165, 1.54) is 44.9 Å². The predicted molar refractivity (Wildman–Crippen MR) is 62.8 cm³/mol. The summed E-state index contributed by atoms with van der Waals surface area (Å²) in [4.78, 5) is 0.721. The molecule has 0 spiro atoms. The lowest BCUT2D eigenvalue weighted by Gasteiger charge is -2.32. The molecule has 82 valence electrons. The molecule has 1 saturated heterocycles. The Morgan fingerprint density at radius 3 is 2.57 bits per heavy atom. The van der Waals surface area contributed by atoms with Crippen LogP contribution in [-0.2, 0) is 4.74 Å². The summed E-state index contributed by atoms with van der Waals surface area (Å²) in [6.45, 7) is 1.95. The van der Waals surface area contributed by atoms with Crippen molar-refractivity contribution in [2.45, 2.75) is 49.8 Å². The van der Waals surface area contributed by atoms with Crippen molar-refractivity contribution < 1.29 is 4.74 Å². The molecular formula is C12H21BrO. The first kappa shape index (κ1) is 10.9. The first-order valence-electron chi connectivity index (χ1n) is 6.08. The minimum Gasteiger partial charge on any atom is -0.381 e. The van der Waals surface area contributed by atoms with E-state index in [1.807, 2.05) is 0 Å². The summed E-state index contributed by atoms with van der Waals surface area (Å²) in [5.41, 5.74) is 0. The van der Waals surface area contributed by atoms with Crippen LogP contribution in [0.1, 0.15) is 44.9 Å². The Morgan fingerprint density at radius 1 is 1.07 bits per heavy atom. The summed E-state index contributed by atoms with van der Waals surface area (Å²) < 4.78 is 5.56. The van der Waals surface area contributed by atoms with Crippen LogP contribution in [0.25, 0.3) is 0 Å². The van der Waals surface area contributed by atoms with Gasteiger partial charge < -0.3 is 4.74 Å². The Morgan fingerprint density at radius 2 is 1.86 bits per heavy atom. The van der Waals surface area contributed by atoms with E-state index < -0.39 is 0 Å². The van der Waals surface area contributed by atoms with Crippen molar-refractivity contribution in [3.8, 4) is 0 Å². The van der Waals surface area contributed by atoms with Gasteiger partial charge in [-0.3, -0.25) is 0 Å². The van der Waals surface area contributed by atoms with Crippen LogP contribution < -0.4 is 0 Å². The monoisotopic (exact) mass is 260 g/mol. The van der Waals surface area contributed by atoms with Crippen LogP contribution in [0.4, 0.5) is 0 Å². The molecule has 0 bridgehead atoms. The molecule has 0 aromatic heterocycles. The smallest absolute Gasteiger partial charge is 0.0505 e. The molecule has 2 rings (SSSR count). The molecule has 1 aliphatic heterocycles. The van der Waals surface area contributed by atoms with Gasteiger partial charge in [0.05, 0.1) is 6.61 Å². The molecule has 0 aromatic carbocycles. The third kappa shape index (κ3) is 2.96. The summed E-state index contributed by atoms with van der Waals surface area (Å²) in [5, 5.41) is 0. The van der Waals surface area contributed by atoms with E-state index in [0.29, 0.717) is 0 Å². The second-order valence-corrected chi connectivity index (χ2v) is 6.06. The molecule has 2 aliphatic rings. The molecule has 2 atom stereocenters. The largest absolute Gasteiger partial charge is 0.381 e. The van der Waals surface area contributed by atoms with Crippen LogP contribution in [0.3, 0.4) is 0 Å². The average molecular weight is 261 g/mol. The number of rotatable bonds is 2. The molecule has 2 unspecified atom stereocenters. The van der Waals surface area contributed by atoms with E-state index in [-0.39, 0.29) is 0 Å². The molecule has 1 heterocycles. The molecule has 2 fully saturated rings. The van der Waals surface area contributed by atoms with Gasteiger partial charge in [0.2, 0.25) is 0 Å². The topological polar surface area (TPSA) is 9.23 Å². The molecule has 1 aliphatic carbocycles. The van der Waals surface area contributed by atoms with Crippen molar-refractivity contribution in [2.75, 3.05) is 13.2 Å². The predicted octanol–water partition coefficient (Wildman–Crippen LogP) is 3.76. The van der Waals surface area contributed by atoms with Crippen LogP contribution in [0.15, 0.2) is 0 Å². The number of halogens is 1. The fraction of sp³-hybridized carbons (Fsp3) is 1.00. The van der Waals surface area contributed by atoms with Gasteiger partial charge in [0.1, 0.15) is 0 Å². The zero-order valence-electron chi connectivity index (χ0n) is 8.88. The Balaban J connectivity index is 1.76. The van der Waals surface area contributed by atoms with E-state index >= 15 is 0 Å². The Labute approximate surface area is 95.7 Å². The second kappa shape index (κ2) is 5.50. The standard InChI is InChI=1S/C12H21BrO/c13-12-6-7-14-9-11(12)8-10-4-2-1-3-5-10/h10-12H,1-9H2. The third-order valence-electron chi connectivity index (χ3n) is 3.74. The SMILES string of the molecule is BrC1CCOCC1CC1CCCCC1. The Hall–Kier alpha value is 0.440. The molecule has 0 aromatic rings. The second-order valence-electron chi connectivity index (χ2n) is 4.88. The lowest BCUT2D eigenvalue weighted by molar-refractivity contribution is 0.0481. The van der Waals surface area contributed by atoms with Gasteiger partial charge in [-0.1, -0.05) is 48.0 Å². The minimum atomic E-state index is 0.721. The highest BCUT2D eigenvalue weighted by atomic mass is 79.9. The summed E-state index contributed by atoms with van der Waals surface area (Å²) in [6, 6.07) is 0. The van der Waals surface area contributed by atoms with E-state index in [9.17, 15) is 0 Å². The normalized spacial score (nSPS) is 35.8. The van der Waals surface area contributed by atoms with Crippen molar-refractivity contribution in [2.24, 2.45) is 11.8 Å². The fourth-order valence-corrected chi connectivity index (χ4v) is 3.39. The lowest BCUT2D eigenvalue weighted by Crippen LogP contribution is -2.30. The van der Waals surface area contributed by atoms with E-state index in [2.05, 4.69) is 15.9 Å². The maximum Gasteiger partial charge on any atom is 0.0505 e. The highest BCUT2D eigenvalue weighted by molar-refractivity contribution is 9.09. The Kier molecular flexibility index (Phi) is 4.30.